The van der Waals surface area contributed by atoms with E-state index in [1.807, 2.05) is 12.3 Å². The van der Waals surface area contributed by atoms with Crippen LogP contribution in [0.5, 0.6) is 0 Å². The maximum absolute atomic E-state index is 6.68. The molecule has 1 aromatic heterocycles. The van der Waals surface area contributed by atoms with Gasteiger partial charge in [-0.2, -0.15) is 0 Å². The minimum Gasteiger partial charge on any atom is -0.386 e. The predicted octanol–water partition coefficient (Wildman–Crippen LogP) is 4.01. The van der Waals surface area contributed by atoms with Crippen molar-refractivity contribution >= 4 is 28.1 Å². The Morgan fingerprint density at radius 2 is 1.93 bits per heavy atom. The van der Waals surface area contributed by atoms with E-state index in [4.69, 9.17) is 10.7 Å². The molecule has 2 aliphatic rings. The molecule has 0 spiro atoms. The van der Waals surface area contributed by atoms with Gasteiger partial charge >= 0.3 is 0 Å². The number of fused-ring (bicyclic) bond motifs is 1. The summed E-state index contributed by atoms with van der Waals surface area (Å²) < 4.78 is 0. The molecule has 0 radical (unpaired) electrons. The van der Waals surface area contributed by atoms with Crippen molar-refractivity contribution in [3.8, 4) is 0 Å². The average Bonchev–Trinajstić information content (AvgIpc) is 3.50. The van der Waals surface area contributed by atoms with Crippen molar-refractivity contribution in [3.63, 3.8) is 0 Å². The van der Waals surface area contributed by atoms with Gasteiger partial charge in [-0.25, -0.2) is 4.99 Å². The van der Waals surface area contributed by atoms with Gasteiger partial charge in [0.05, 0.1) is 16.6 Å². The van der Waals surface area contributed by atoms with Crippen LogP contribution in [0.15, 0.2) is 59.7 Å². The van der Waals surface area contributed by atoms with Crippen molar-refractivity contribution < 1.29 is 0 Å². The molecule has 0 unspecified atom stereocenters. The second kappa shape index (κ2) is 7.10. The first-order valence-corrected chi connectivity index (χ1v) is 10.7. The highest BCUT2D eigenvalue weighted by molar-refractivity contribution is 6.00. The van der Waals surface area contributed by atoms with E-state index in [0.717, 1.165) is 42.7 Å². The molecule has 2 aromatic carbocycles. The summed E-state index contributed by atoms with van der Waals surface area (Å²) in [6, 6.07) is 17.6. The standard InChI is InChI=1S/C25H29N5/c1-17-9-10-18(30-15-19(16-30)29(2)3)14-23(17)28-24(26)25(11-12-25)21-7-4-8-22-20(21)6-5-13-27-22/h4-10,13-14,19H,11-12,15-16H2,1-3H3,(H2,26,28). The predicted molar refractivity (Wildman–Crippen MR) is 125 cm³/mol. The first-order chi connectivity index (χ1) is 14.5. The molecule has 2 fully saturated rings. The highest BCUT2D eigenvalue weighted by Gasteiger charge is 2.49. The summed E-state index contributed by atoms with van der Waals surface area (Å²) in [6.07, 6.45) is 3.91. The van der Waals surface area contributed by atoms with Gasteiger partial charge in [0.25, 0.3) is 0 Å². The number of pyridine rings is 1. The molecule has 5 heteroatoms. The number of amidine groups is 1. The summed E-state index contributed by atoms with van der Waals surface area (Å²) in [7, 11) is 4.29. The summed E-state index contributed by atoms with van der Waals surface area (Å²) in [5.41, 5.74) is 12.1. The van der Waals surface area contributed by atoms with Gasteiger partial charge in [-0.1, -0.05) is 24.3 Å². The lowest BCUT2D eigenvalue weighted by molar-refractivity contribution is 0.247. The van der Waals surface area contributed by atoms with E-state index in [2.05, 4.69) is 78.3 Å². The van der Waals surface area contributed by atoms with E-state index in [0.29, 0.717) is 11.9 Å². The fraction of sp³-hybridized carbons (Fsp3) is 0.360. The summed E-state index contributed by atoms with van der Waals surface area (Å²) in [4.78, 5) is 14.2. The Morgan fingerprint density at radius 1 is 1.13 bits per heavy atom. The fourth-order valence-corrected chi connectivity index (χ4v) is 4.45. The number of nitrogens with zero attached hydrogens (tertiary/aromatic N) is 4. The third kappa shape index (κ3) is 3.14. The number of likely N-dealkylation sites (N-methyl/N-ethyl adjacent to an activating group) is 1. The van der Waals surface area contributed by atoms with Gasteiger partial charge < -0.3 is 15.5 Å². The molecular formula is C25H29N5. The van der Waals surface area contributed by atoms with E-state index >= 15 is 0 Å². The van der Waals surface area contributed by atoms with Gasteiger partial charge in [-0.3, -0.25) is 4.98 Å². The Kier molecular flexibility index (Phi) is 4.51. The van der Waals surface area contributed by atoms with Crippen molar-refractivity contribution in [1.82, 2.24) is 9.88 Å². The Labute approximate surface area is 178 Å². The zero-order chi connectivity index (χ0) is 20.9. The number of hydrogen-bond donors (Lipinski definition) is 1. The number of benzene rings is 2. The van der Waals surface area contributed by atoms with E-state index in [-0.39, 0.29) is 5.41 Å². The summed E-state index contributed by atoms with van der Waals surface area (Å²) in [5.74, 6) is 0.717. The van der Waals surface area contributed by atoms with Gasteiger partial charge in [0.1, 0.15) is 5.84 Å². The molecule has 1 saturated carbocycles. The highest BCUT2D eigenvalue weighted by atomic mass is 15.3. The minimum absolute atomic E-state index is 0.169. The fourth-order valence-electron chi connectivity index (χ4n) is 4.45. The minimum atomic E-state index is -0.169. The zero-order valence-corrected chi connectivity index (χ0v) is 18.0. The number of anilines is 1. The number of nitrogens with two attached hydrogens (primary N) is 1. The normalized spacial score (nSPS) is 18.7. The molecular weight excluding hydrogens is 370 g/mol. The van der Waals surface area contributed by atoms with E-state index in [9.17, 15) is 0 Å². The first-order valence-electron chi connectivity index (χ1n) is 10.7. The van der Waals surface area contributed by atoms with Crippen molar-refractivity contribution in [3.05, 3.63) is 65.9 Å². The molecule has 2 N–H and O–H groups in total. The molecule has 1 saturated heterocycles. The van der Waals surface area contributed by atoms with Crippen molar-refractivity contribution in [2.45, 2.75) is 31.2 Å². The zero-order valence-electron chi connectivity index (χ0n) is 18.0. The monoisotopic (exact) mass is 399 g/mol. The van der Waals surface area contributed by atoms with Crippen LogP contribution in [0, 0.1) is 6.92 Å². The van der Waals surface area contributed by atoms with Crippen LogP contribution in [-0.4, -0.2) is 48.9 Å². The highest BCUT2D eigenvalue weighted by Crippen LogP contribution is 2.51. The molecule has 0 amide bonds. The van der Waals surface area contributed by atoms with Crippen LogP contribution in [0.3, 0.4) is 0 Å². The molecule has 0 bridgehead atoms. The quantitative estimate of drug-likeness (QED) is 0.520. The van der Waals surface area contributed by atoms with Gasteiger partial charge in [0, 0.05) is 36.4 Å². The van der Waals surface area contributed by atoms with Crippen LogP contribution in [-0.2, 0) is 5.41 Å². The van der Waals surface area contributed by atoms with Crippen LogP contribution < -0.4 is 10.6 Å². The Bertz CT molecular complexity index is 1120. The third-order valence-electron chi connectivity index (χ3n) is 6.79. The lowest BCUT2D eigenvalue weighted by Gasteiger charge is -2.44. The van der Waals surface area contributed by atoms with E-state index < -0.39 is 0 Å². The topological polar surface area (TPSA) is 57.8 Å². The molecule has 5 nitrogen and oxygen atoms in total. The molecule has 2 heterocycles. The molecule has 3 aromatic rings. The Morgan fingerprint density at radius 3 is 2.67 bits per heavy atom. The van der Waals surface area contributed by atoms with E-state index in [1.54, 1.807) is 0 Å². The number of aromatic nitrogens is 1. The molecule has 0 atom stereocenters. The maximum atomic E-state index is 6.68. The van der Waals surface area contributed by atoms with Crippen LogP contribution in [0.4, 0.5) is 11.4 Å². The number of aliphatic imine (C=N–C) groups is 1. The largest absolute Gasteiger partial charge is 0.386 e. The van der Waals surface area contributed by atoms with Gasteiger partial charge in [0.15, 0.2) is 0 Å². The second-order valence-electron chi connectivity index (χ2n) is 8.95. The molecule has 154 valence electrons. The second-order valence-corrected chi connectivity index (χ2v) is 8.95. The lowest BCUT2D eigenvalue weighted by Crippen LogP contribution is -2.57. The average molecular weight is 400 g/mol. The Hall–Kier alpha value is -2.92. The summed E-state index contributed by atoms with van der Waals surface area (Å²) in [6.45, 7) is 4.22. The van der Waals surface area contributed by atoms with Crippen LogP contribution in [0.25, 0.3) is 10.9 Å². The van der Waals surface area contributed by atoms with Gasteiger partial charge in [-0.05, 0) is 69.3 Å². The number of hydrogen-bond acceptors (Lipinski definition) is 4. The smallest absolute Gasteiger partial charge is 0.110 e. The van der Waals surface area contributed by atoms with Crippen LogP contribution in [0.1, 0.15) is 24.0 Å². The van der Waals surface area contributed by atoms with E-state index in [1.165, 1.54) is 16.6 Å². The van der Waals surface area contributed by atoms with Crippen molar-refractivity contribution in [2.24, 2.45) is 10.7 Å². The summed E-state index contributed by atoms with van der Waals surface area (Å²) >= 11 is 0. The third-order valence-corrected chi connectivity index (χ3v) is 6.79. The van der Waals surface area contributed by atoms with Crippen LogP contribution in [0.2, 0.25) is 0 Å². The van der Waals surface area contributed by atoms with Gasteiger partial charge in [-0.15, -0.1) is 0 Å². The van der Waals surface area contributed by atoms with Gasteiger partial charge in [0.2, 0.25) is 0 Å². The SMILES string of the molecule is Cc1ccc(N2CC(N(C)C)C2)cc1N=C(N)C1(c2cccc3ncccc23)CC1. The maximum Gasteiger partial charge on any atom is 0.110 e. The van der Waals surface area contributed by atoms with Crippen LogP contribution >= 0.6 is 0 Å². The molecule has 5 rings (SSSR count). The molecule has 1 aliphatic carbocycles. The molecule has 1 aliphatic heterocycles. The number of rotatable bonds is 5. The lowest BCUT2D eigenvalue weighted by atomic mass is 9.91. The van der Waals surface area contributed by atoms with Crippen molar-refractivity contribution in [2.75, 3.05) is 32.1 Å². The summed E-state index contributed by atoms with van der Waals surface area (Å²) in [5, 5.41) is 1.18. The van der Waals surface area contributed by atoms with Crippen molar-refractivity contribution in [1.29, 1.82) is 0 Å². The Balaban J connectivity index is 1.47. The first kappa shape index (κ1) is 19.1. The molecule has 30 heavy (non-hydrogen) atoms. The number of aryl methyl sites for hydroxylation is 1.